The van der Waals surface area contributed by atoms with Crippen LogP contribution < -0.4 is 10.9 Å². The quantitative estimate of drug-likeness (QED) is 0.242. The molecular weight excluding hydrogens is 496 g/mol. The standard InChI is InChI=1S/C31H27ClN4O2/c1-4-14-33-18-21-8-10-23(11-9-21)31(38,29-19-34-20-35(29)2)24-12-13-28-27(16-24)26(17-30(37)36(28)3)22-6-5-7-25(32)15-22/h1,5-13,15-17,19-20,33,38H,14,18H2,2-3H3. The highest BCUT2D eigenvalue weighted by atomic mass is 35.5. The van der Waals surface area contributed by atoms with Gasteiger partial charge in [0, 0.05) is 37.1 Å². The number of aromatic nitrogens is 3. The number of pyridine rings is 1. The van der Waals surface area contributed by atoms with Gasteiger partial charge in [0.2, 0.25) is 0 Å². The molecule has 38 heavy (non-hydrogen) atoms. The number of aryl methyl sites for hydroxylation is 2. The van der Waals surface area contributed by atoms with E-state index in [1.165, 1.54) is 0 Å². The molecule has 2 heterocycles. The third kappa shape index (κ3) is 4.52. The molecule has 0 fully saturated rings. The summed E-state index contributed by atoms with van der Waals surface area (Å²) in [7, 11) is 3.60. The van der Waals surface area contributed by atoms with Gasteiger partial charge in [0.15, 0.2) is 5.60 Å². The maximum Gasteiger partial charge on any atom is 0.251 e. The van der Waals surface area contributed by atoms with Gasteiger partial charge < -0.3 is 19.6 Å². The average molecular weight is 523 g/mol. The molecule has 5 aromatic rings. The SMILES string of the molecule is C#CCNCc1ccc(C(O)(c2ccc3c(c2)c(-c2cccc(Cl)c2)cc(=O)n3C)c2cncn2C)cc1. The number of imidazole rings is 1. The highest BCUT2D eigenvalue weighted by Crippen LogP contribution is 2.39. The monoisotopic (exact) mass is 522 g/mol. The molecule has 5 rings (SSSR count). The Bertz CT molecular complexity index is 1730. The Morgan fingerprint density at radius 2 is 1.82 bits per heavy atom. The predicted octanol–water partition coefficient (Wildman–Crippen LogP) is 4.60. The summed E-state index contributed by atoms with van der Waals surface area (Å²) in [6.07, 6.45) is 8.68. The largest absolute Gasteiger partial charge is 0.374 e. The van der Waals surface area contributed by atoms with E-state index >= 15 is 0 Å². The van der Waals surface area contributed by atoms with E-state index in [0.717, 1.165) is 27.6 Å². The third-order valence-electron chi connectivity index (χ3n) is 6.92. The topological polar surface area (TPSA) is 72.1 Å². The van der Waals surface area contributed by atoms with Crippen LogP contribution in [0.2, 0.25) is 5.02 Å². The van der Waals surface area contributed by atoms with Crippen molar-refractivity contribution in [3.63, 3.8) is 0 Å². The molecule has 2 N–H and O–H groups in total. The van der Waals surface area contributed by atoms with Crippen LogP contribution in [0.4, 0.5) is 0 Å². The van der Waals surface area contributed by atoms with Crippen LogP contribution in [0.15, 0.2) is 90.1 Å². The Hall–Kier alpha value is -4.15. The normalized spacial score (nSPS) is 12.8. The summed E-state index contributed by atoms with van der Waals surface area (Å²) in [5.74, 6) is 2.57. The lowest BCUT2D eigenvalue weighted by atomic mass is 9.82. The summed E-state index contributed by atoms with van der Waals surface area (Å²) in [5, 5.41) is 17.1. The lowest BCUT2D eigenvalue weighted by molar-refractivity contribution is 0.117. The number of benzene rings is 3. The minimum atomic E-state index is -1.51. The van der Waals surface area contributed by atoms with Gasteiger partial charge in [-0.2, -0.15) is 0 Å². The number of terminal acetylenes is 1. The van der Waals surface area contributed by atoms with E-state index in [4.69, 9.17) is 18.0 Å². The van der Waals surface area contributed by atoms with E-state index in [0.29, 0.717) is 34.9 Å². The van der Waals surface area contributed by atoms with E-state index in [2.05, 4.69) is 16.2 Å². The van der Waals surface area contributed by atoms with Gasteiger partial charge in [-0.3, -0.25) is 4.79 Å². The first-order valence-electron chi connectivity index (χ1n) is 12.2. The number of hydrogen-bond acceptors (Lipinski definition) is 4. The van der Waals surface area contributed by atoms with Crippen LogP contribution in [0.1, 0.15) is 22.4 Å². The third-order valence-corrected chi connectivity index (χ3v) is 7.15. The maximum absolute atomic E-state index is 12.8. The minimum absolute atomic E-state index is 0.129. The fourth-order valence-corrected chi connectivity index (χ4v) is 5.08. The van der Waals surface area contributed by atoms with Crippen LogP contribution in [0.5, 0.6) is 0 Å². The number of nitrogens with zero attached hydrogens (tertiary/aromatic N) is 3. The van der Waals surface area contributed by atoms with Crippen molar-refractivity contribution in [2.75, 3.05) is 6.54 Å². The van der Waals surface area contributed by atoms with Gasteiger partial charge in [-0.25, -0.2) is 4.98 Å². The molecule has 1 unspecified atom stereocenters. The van der Waals surface area contributed by atoms with Gasteiger partial charge in [0.05, 0.1) is 30.3 Å². The lowest BCUT2D eigenvalue weighted by Crippen LogP contribution is -2.31. The van der Waals surface area contributed by atoms with Crippen LogP contribution in [0, 0.1) is 12.3 Å². The van der Waals surface area contributed by atoms with E-state index in [9.17, 15) is 9.90 Å². The van der Waals surface area contributed by atoms with E-state index < -0.39 is 5.60 Å². The maximum atomic E-state index is 12.8. The van der Waals surface area contributed by atoms with Crippen LogP contribution >= 0.6 is 11.6 Å². The summed E-state index contributed by atoms with van der Waals surface area (Å²) < 4.78 is 3.42. The second-order valence-corrected chi connectivity index (χ2v) is 9.74. The number of aliphatic hydroxyl groups is 1. The molecule has 0 aliphatic heterocycles. The molecular formula is C31H27ClN4O2. The molecule has 0 radical (unpaired) electrons. The van der Waals surface area contributed by atoms with Crippen LogP contribution in [0.3, 0.4) is 0 Å². The molecule has 0 saturated carbocycles. The van der Waals surface area contributed by atoms with Gasteiger partial charge in [-0.1, -0.05) is 60.0 Å². The Morgan fingerprint density at radius 1 is 1.05 bits per heavy atom. The Labute approximate surface area is 226 Å². The summed E-state index contributed by atoms with van der Waals surface area (Å²) in [6.45, 7) is 1.11. The zero-order valence-corrected chi connectivity index (χ0v) is 21.9. The molecule has 2 aromatic heterocycles. The van der Waals surface area contributed by atoms with Gasteiger partial charge in [0.1, 0.15) is 0 Å². The van der Waals surface area contributed by atoms with Crippen molar-refractivity contribution < 1.29 is 5.11 Å². The molecule has 0 amide bonds. The fraction of sp³-hybridized carbons (Fsp3) is 0.161. The van der Waals surface area contributed by atoms with Gasteiger partial charge in [0.25, 0.3) is 5.56 Å². The summed E-state index contributed by atoms with van der Waals surface area (Å²) in [4.78, 5) is 17.1. The van der Waals surface area contributed by atoms with E-state index in [-0.39, 0.29) is 5.56 Å². The zero-order chi connectivity index (χ0) is 26.9. The molecule has 7 heteroatoms. The molecule has 3 aromatic carbocycles. The molecule has 0 spiro atoms. The van der Waals surface area contributed by atoms with Crippen molar-refractivity contribution in [1.82, 2.24) is 19.4 Å². The molecule has 1 atom stereocenters. The van der Waals surface area contributed by atoms with Crippen molar-refractivity contribution in [3.05, 3.63) is 123 Å². The average Bonchev–Trinajstić information content (AvgIpc) is 3.37. The first-order valence-corrected chi connectivity index (χ1v) is 12.5. The first kappa shape index (κ1) is 25.5. The number of halogens is 1. The predicted molar refractivity (Wildman–Crippen MR) is 152 cm³/mol. The number of hydrogen-bond donors (Lipinski definition) is 2. The molecule has 0 saturated heterocycles. The van der Waals surface area contributed by atoms with Crippen LogP contribution in [-0.4, -0.2) is 25.8 Å². The molecule has 6 nitrogen and oxygen atoms in total. The van der Waals surface area contributed by atoms with Crippen molar-refractivity contribution in [3.8, 4) is 23.5 Å². The molecule has 0 aliphatic rings. The van der Waals surface area contributed by atoms with Gasteiger partial charge in [-0.05, 0) is 52.1 Å². The molecule has 190 valence electrons. The minimum Gasteiger partial charge on any atom is -0.374 e. The Morgan fingerprint density at radius 3 is 2.50 bits per heavy atom. The Kier molecular flexibility index (Phi) is 6.92. The summed E-state index contributed by atoms with van der Waals surface area (Å²) in [6, 6.07) is 22.5. The van der Waals surface area contributed by atoms with Crippen molar-refractivity contribution in [1.29, 1.82) is 0 Å². The molecule has 0 aliphatic carbocycles. The lowest BCUT2D eigenvalue weighted by Gasteiger charge is -2.30. The highest BCUT2D eigenvalue weighted by Gasteiger charge is 2.37. The second-order valence-electron chi connectivity index (χ2n) is 9.30. The van der Waals surface area contributed by atoms with Crippen LogP contribution in [0.25, 0.3) is 22.0 Å². The van der Waals surface area contributed by atoms with E-state index in [1.807, 2.05) is 72.3 Å². The number of rotatable bonds is 7. The highest BCUT2D eigenvalue weighted by molar-refractivity contribution is 6.30. The fourth-order valence-electron chi connectivity index (χ4n) is 4.89. The smallest absolute Gasteiger partial charge is 0.251 e. The van der Waals surface area contributed by atoms with E-state index in [1.54, 1.807) is 36.3 Å². The number of nitrogens with one attached hydrogen (secondary N) is 1. The van der Waals surface area contributed by atoms with Crippen molar-refractivity contribution >= 4 is 22.5 Å². The van der Waals surface area contributed by atoms with Crippen molar-refractivity contribution in [2.45, 2.75) is 12.1 Å². The van der Waals surface area contributed by atoms with Gasteiger partial charge in [-0.15, -0.1) is 6.42 Å². The second kappa shape index (κ2) is 10.3. The number of fused-ring (bicyclic) bond motifs is 1. The van der Waals surface area contributed by atoms with Crippen LogP contribution in [-0.2, 0) is 26.2 Å². The summed E-state index contributed by atoms with van der Waals surface area (Å²) >= 11 is 6.29. The van der Waals surface area contributed by atoms with Crippen molar-refractivity contribution in [2.24, 2.45) is 14.1 Å². The summed E-state index contributed by atoms with van der Waals surface area (Å²) in [5.41, 5.74) is 3.68. The Balaban J connectivity index is 1.72. The van der Waals surface area contributed by atoms with Gasteiger partial charge >= 0.3 is 0 Å². The molecule has 0 bridgehead atoms. The zero-order valence-electron chi connectivity index (χ0n) is 21.1. The first-order chi connectivity index (χ1) is 18.3.